The topological polar surface area (TPSA) is 67.8 Å². The molecule has 4 aromatic carbocycles. The van der Waals surface area contributed by atoms with E-state index in [1.54, 1.807) is 6.92 Å². The van der Waals surface area contributed by atoms with Crippen molar-refractivity contribution in [3.63, 3.8) is 0 Å². The molecule has 4 atom stereocenters. The molecular weight excluding hydrogens is 869 g/mol. The molecule has 6 nitrogen and oxygen atoms in total. The molecule has 3 N–H and O–H groups in total. The van der Waals surface area contributed by atoms with Gasteiger partial charge in [-0.3, -0.25) is 4.79 Å². The fraction of sp³-hybridized carbons (Fsp3) is 0.277. The molecule has 71 heavy (non-hydrogen) atoms. The molecule has 0 heterocycles. The third kappa shape index (κ3) is 11.6. The van der Waals surface area contributed by atoms with E-state index in [1.165, 1.54) is 33.5 Å². The second kappa shape index (κ2) is 23.2. The molecule has 5 aliphatic carbocycles. The van der Waals surface area contributed by atoms with Gasteiger partial charge in [0.25, 0.3) is 0 Å². The van der Waals surface area contributed by atoms with Crippen LogP contribution in [0.15, 0.2) is 222 Å². The van der Waals surface area contributed by atoms with Gasteiger partial charge in [-0.1, -0.05) is 158 Å². The number of carbonyl (C=O) groups is 1. The molecule has 5 aliphatic rings. The Hall–Kier alpha value is -7.15. The summed E-state index contributed by atoms with van der Waals surface area (Å²) < 4.78 is 0. The van der Waals surface area contributed by atoms with Crippen molar-refractivity contribution in [3.05, 3.63) is 244 Å². The summed E-state index contributed by atoms with van der Waals surface area (Å²) >= 11 is 0. The van der Waals surface area contributed by atoms with Crippen molar-refractivity contribution in [3.8, 4) is 0 Å². The lowest BCUT2D eigenvalue weighted by Gasteiger charge is -2.36. The van der Waals surface area contributed by atoms with E-state index in [1.807, 2.05) is 7.05 Å². The molecule has 0 amide bonds. The van der Waals surface area contributed by atoms with E-state index in [0.29, 0.717) is 35.2 Å². The van der Waals surface area contributed by atoms with Crippen LogP contribution in [0.5, 0.6) is 0 Å². The number of ketones is 1. The molecule has 0 bridgehead atoms. The van der Waals surface area contributed by atoms with Crippen molar-refractivity contribution in [1.82, 2.24) is 10.6 Å². The summed E-state index contributed by atoms with van der Waals surface area (Å²) in [4.78, 5) is 19.1. The highest BCUT2D eigenvalue weighted by Crippen LogP contribution is 2.38. The van der Waals surface area contributed by atoms with Crippen LogP contribution in [0, 0.1) is 12.8 Å². The number of hydrogen-bond donors (Lipinski definition) is 3. The monoisotopic (exact) mass is 939 g/mol. The fourth-order valence-corrected chi connectivity index (χ4v) is 10.7. The van der Waals surface area contributed by atoms with Gasteiger partial charge in [0, 0.05) is 59.1 Å². The number of anilines is 3. The summed E-state index contributed by atoms with van der Waals surface area (Å²) in [6, 6.07) is 37.1. The van der Waals surface area contributed by atoms with Crippen LogP contribution in [-0.4, -0.2) is 43.2 Å². The highest BCUT2D eigenvalue weighted by molar-refractivity contribution is 6.07. The molecule has 4 aromatic rings. The zero-order chi connectivity index (χ0) is 49.1. The highest BCUT2D eigenvalue weighted by Gasteiger charge is 2.27. The third-order valence-electron chi connectivity index (χ3n) is 14.6. The smallest absolute Gasteiger partial charge is 0.162 e. The first kappa shape index (κ1) is 48.9. The van der Waals surface area contributed by atoms with E-state index in [-0.39, 0.29) is 24.5 Å². The molecule has 0 saturated carbocycles. The standard InChI is InChI=1S/C65H70N4O2/c1-46-20-32-56(33-21-46)68(57-34-22-47(2)23-35-57)60-40-28-54(29-41-60)64(67-44-49-14-8-5-9-15-49)62(45-70)63(48(3)71)65(66-4)55-30-42-61(43-31-55)69(58-36-24-52(25-37-58)50-16-10-6-11-17-50)59-38-26-53(27-39-59)51-18-12-7-13-19-51/h6-8,10-12,14-18,20-22,24,26-34,36-38,40-43,47,52,57,59,66-67,70H,5,9,13,19,23,25,35,39,44-45H2,1-4H3/b64-62-,65-63-. The first-order valence-electron chi connectivity index (χ1n) is 25.9. The normalized spacial score (nSPS) is 21.3. The van der Waals surface area contributed by atoms with Gasteiger partial charge in [-0.25, -0.2) is 0 Å². The van der Waals surface area contributed by atoms with Gasteiger partial charge in [0.05, 0.1) is 24.4 Å². The predicted octanol–water partition coefficient (Wildman–Crippen LogP) is 14.2. The number of nitrogens with one attached hydrogen (secondary N) is 2. The van der Waals surface area contributed by atoms with E-state index < -0.39 is 0 Å². The van der Waals surface area contributed by atoms with Crippen LogP contribution >= 0.6 is 0 Å². The molecule has 362 valence electrons. The zero-order valence-electron chi connectivity index (χ0n) is 42.0. The number of benzene rings is 4. The van der Waals surface area contributed by atoms with Gasteiger partial charge in [-0.05, 0) is 147 Å². The predicted molar refractivity (Wildman–Crippen MR) is 298 cm³/mol. The number of hydrogen-bond acceptors (Lipinski definition) is 6. The molecule has 4 unspecified atom stereocenters. The number of allylic oxidation sites excluding steroid dienone is 12. The molecule has 0 aromatic heterocycles. The molecule has 0 spiro atoms. The maximum absolute atomic E-state index is 14.2. The van der Waals surface area contributed by atoms with Crippen molar-refractivity contribution < 1.29 is 9.90 Å². The molecule has 6 heteroatoms. The number of nitrogens with zero attached hydrogens (tertiary/aromatic N) is 2. The first-order valence-corrected chi connectivity index (χ1v) is 25.9. The summed E-state index contributed by atoms with van der Waals surface area (Å²) in [5.74, 6) is 0.759. The Morgan fingerprint density at radius 1 is 0.690 bits per heavy atom. The Morgan fingerprint density at radius 3 is 1.99 bits per heavy atom. The summed E-state index contributed by atoms with van der Waals surface area (Å²) in [5.41, 5.74) is 15.1. The summed E-state index contributed by atoms with van der Waals surface area (Å²) in [6.45, 7) is 6.23. The minimum absolute atomic E-state index is 0.116. The lowest BCUT2D eigenvalue weighted by Crippen LogP contribution is -2.34. The number of rotatable bonds is 17. The molecule has 0 fully saturated rings. The quantitative estimate of drug-likeness (QED) is 0.0557. The van der Waals surface area contributed by atoms with Crippen LogP contribution in [-0.2, 0) is 4.79 Å². The van der Waals surface area contributed by atoms with Gasteiger partial charge in [-0.15, -0.1) is 0 Å². The molecular formula is C65H70N4O2. The second-order valence-electron chi connectivity index (χ2n) is 19.6. The van der Waals surface area contributed by atoms with Gasteiger partial charge in [0.1, 0.15) is 0 Å². The molecule has 0 radical (unpaired) electrons. The van der Waals surface area contributed by atoms with Crippen LogP contribution in [0.25, 0.3) is 11.4 Å². The SMILES string of the molecule is CN/C(=C(C(C)=O)\C(CO)=C(/NCC1=CCCC=C1)c1ccc(N(c2ccc(C)cc2)C2C=CC(C)CC2)cc1)c1ccc(N(C2=CCC(c3ccccc3)C=C2)C2C=CC(C3=CC=CCC3)=CC2)cc1. The third-order valence-corrected chi connectivity index (χ3v) is 14.6. The Balaban J connectivity index is 1.08. The largest absolute Gasteiger partial charge is 0.392 e. The Morgan fingerprint density at radius 2 is 1.41 bits per heavy atom. The van der Waals surface area contributed by atoms with Gasteiger partial charge >= 0.3 is 0 Å². The second-order valence-corrected chi connectivity index (χ2v) is 19.6. The number of aryl methyl sites for hydroxylation is 1. The maximum Gasteiger partial charge on any atom is 0.162 e. The van der Waals surface area contributed by atoms with E-state index in [2.05, 4.69) is 222 Å². The Bertz CT molecular complexity index is 2880. The van der Waals surface area contributed by atoms with Crippen LogP contribution in [0.4, 0.5) is 17.1 Å². The fourth-order valence-electron chi connectivity index (χ4n) is 10.7. The number of Topliss-reactive ketones (excluding diaryl/α,β-unsaturated/α-hetero) is 1. The minimum Gasteiger partial charge on any atom is -0.392 e. The van der Waals surface area contributed by atoms with Gasteiger partial charge in [0.2, 0.25) is 0 Å². The number of aliphatic hydroxyl groups excluding tert-OH is 1. The molecule has 9 rings (SSSR count). The number of carbonyl (C=O) groups excluding carboxylic acids is 1. The lowest BCUT2D eigenvalue weighted by molar-refractivity contribution is -0.113. The van der Waals surface area contributed by atoms with Crippen molar-refractivity contribution >= 4 is 34.2 Å². The molecule has 0 saturated heterocycles. The van der Waals surface area contributed by atoms with Crippen molar-refractivity contribution in [2.75, 3.05) is 30.0 Å². The maximum atomic E-state index is 14.2. The Labute approximate surface area is 423 Å². The van der Waals surface area contributed by atoms with Gasteiger partial charge in [-0.2, -0.15) is 0 Å². The van der Waals surface area contributed by atoms with Crippen LogP contribution < -0.4 is 20.4 Å². The molecule has 0 aliphatic heterocycles. The van der Waals surface area contributed by atoms with Gasteiger partial charge < -0.3 is 25.5 Å². The average molecular weight is 939 g/mol. The lowest BCUT2D eigenvalue weighted by atomic mass is 9.89. The summed E-state index contributed by atoms with van der Waals surface area (Å²) in [7, 11) is 1.86. The van der Waals surface area contributed by atoms with Crippen molar-refractivity contribution in [1.29, 1.82) is 0 Å². The van der Waals surface area contributed by atoms with Crippen molar-refractivity contribution in [2.24, 2.45) is 5.92 Å². The van der Waals surface area contributed by atoms with E-state index >= 15 is 0 Å². The van der Waals surface area contributed by atoms with Crippen molar-refractivity contribution in [2.45, 2.75) is 90.1 Å². The highest BCUT2D eigenvalue weighted by atomic mass is 16.3. The van der Waals surface area contributed by atoms with E-state index in [4.69, 9.17) is 0 Å². The first-order chi connectivity index (χ1) is 34.8. The summed E-state index contributed by atoms with van der Waals surface area (Å²) in [6.07, 6.45) is 40.2. The zero-order valence-corrected chi connectivity index (χ0v) is 42.0. The van der Waals surface area contributed by atoms with Crippen LogP contribution in [0.2, 0.25) is 0 Å². The number of aliphatic hydroxyl groups is 1. The Kier molecular flexibility index (Phi) is 15.9. The van der Waals surface area contributed by atoms with Crippen LogP contribution in [0.3, 0.4) is 0 Å². The van der Waals surface area contributed by atoms with E-state index in [0.717, 1.165) is 85.3 Å². The van der Waals surface area contributed by atoms with E-state index in [9.17, 15) is 9.90 Å². The van der Waals surface area contributed by atoms with Crippen LogP contribution in [0.1, 0.15) is 93.4 Å². The summed E-state index contributed by atoms with van der Waals surface area (Å²) in [5, 5.41) is 18.7. The van der Waals surface area contributed by atoms with Gasteiger partial charge in [0.15, 0.2) is 5.78 Å². The minimum atomic E-state index is -0.341. The average Bonchev–Trinajstić information content (AvgIpc) is 3.42.